The Bertz CT molecular complexity index is 325. The van der Waals surface area contributed by atoms with Gasteiger partial charge in [0.2, 0.25) is 0 Å². The van der Waals surface area contributed by atoms with Crippen LogP contribution in [-0.4, -0.2) is 30.3 Å². The van der Waals surface area contributed by atoms with Crippen molar-refractivity contribution >= 4 is 5.82 Å². The third-order valence-corrected chi connectivity index (χ3v) is 1.98. The average molecular weight is 204 g/mol. The second-order valence-electron chi connectivity index (χ2n) is 3.22. The van der Waals surface area contributed by atoms with Gasteiger partial charge in [-0.25, -0.2) is 0 Å². The van der Waals surface area contributed by atoms with Gasteiger partial charge in [0.05, 0.1) is 12.2 Å². The van der Waals surface area contributed by atoms with Crippen LogP contribution >= 0.6 is 0 Å². The van der Waals surface area contributed by atoms with Crippen LogP contribution in [-0.2, 0) is 6.54 Å². The minimum absolute atomic E-state index is 0.543. The van der Waals surface area contributed by atoms with Gasteiger partial charge in [-0.2, -0.15) is 5.10 Å². The SMILES string of the molecule is C#CCN(C)c1ccc(CNCC)nn1. The standard InChI is InChI=1S/C11H16N4/c1-4-8-15(3)11-7-6-10(13-14-11)9-12-5-2/h1,6-7,12H,5,8-9H2,2-3H3. The van der Waals surface area contributed by atoms with E-state index in [0.717, 1.165) is 24.6 Å². The highest BCUT2D eigenvalue weighted by Gasteiger charge is 2.01. The highest BCUT2D eigenvalue weighted by molar-refractivity contribution is 5.37. The van der Waals surface area contributed by atoms with Crippen molar-refractivity contribution in [3.8, 4) is 12.3 Å². The Morgan fingerprint density at radius 3 is 2.80 bits per heavy atom. The van der Waals surface area contributed by atoms with Gasteiger partial charge in [0.15, 0.2) is 5.82 Å². The average Bonchev–Trinajstić information content (AvgIpc) is 2.27. The number of terminal acetylenes is 1. The van der Waals surface area contributed by atoms with E-state index < -0.39 is 0 Å². The smallest absolute Gasteiger partial charge is 0.151 e. The molecule has 0 saturated heterocycles. The maximum Gasteiger partial charge on any atom is 0.151 e. The molecule has 0 fully saturated rings. The van der Waals surface area contributed by atoms with Crippen molar-refractivity contribution in [1.29, 1.82) is 0 Å². The molecule has 1 aromatic heterocycles. The Hall–Kier alpha value is -1.60. The predicted molar refractivity (Wildman–Crippen MR) is 61.5 cm³/mol. The summed E-state index contributed by atoms with van der Waals surface area (Å²) in [6.07, 6.45) is 5.21. The van der Waals surface area contributed by atoms with Crippen LogP contribution in [0.1, 0.15) is 12.6 Å². The van der Waals surface area contributed by atoms with Crippen LogP contribution in [0.5, 0.6) is 0 Å². The molecule has 0 amide bonds. The monoisotopic (exact) mass is 204 g/mol. The lowest BCUT2D eigenvalue weighted by molar-refractivity contribution is 0.697. The summed E-state index contributed by atoms with van der Waals surface area (Å²) in [5, 5.41) is 11.4. The highest BCUT2D eigenvalue weighted by atomic mass is 15.2. The third kappa shape index (κ3) is 3.56. The topological polar surface area (TPSA) is 41.0 Å². The molecule has 1 N–H and O–H groups in total. The van der Waals surface area contributed by atoms with E-state index in [4.69, 9.17) is 6.42 Å². The Balaban J connectivity index is 2.60. The largest absolute Gasteiger partial charge is 0.347 e. The highest BCUT2D eigenvalue weighted by Crippen LogP contribution is 2.06. The van der Waals surface area contributed by atoms with Gasteiger partial charge in [0.25, 0.3) is 0 Å². The van der Waals surface area contributed by atoms with E-state index in [-0.39, 0.29) is 0 Å². The molecule has 0 aliphatic heterocycles. The van der Waals surface area contributed by atoms with Crippen molar-refractivity contribution < 1.29 is 0 Å². The lowest BCUT2D eigenvalue weighted by atomic mass is 10.3. The lowest BCUT2D eigenvalue weighted by Gasteiger charge is -2.13. The number of aromatic nitrogens is 2. The van der Waals surface area contributed by atoms with Crippen molar-refractivity contribution in [1.82, 2.24) is 15.5 Å². The third-order valence-electron chi connectivity index (χ3n) is 1.98. The van der Waals surface area contributed by atoms with Gasteiger partial charge < -0.3 is 10.2 Å². The minimum Gasteiger partial charge on any atom is -0.347 e. The molecule has 4 nitrogen and oxygen atoms in total. The van der Waals surface area contributed by atoms with Gasteiger partial charge in [-0.1, -0.05) is 12.8 Å². The molecule has 0 unspecified atom stereocenters. The molecule has 1 rings (SSSR count). The molecular weight excluding hydrogens is 188 g/mol. The molecule has 0 radical (unpaired) electrons. The van der Waals surface area contributed by atoms with E-state index in [1.54, 1.807) is 0 Å². The number of hydrogen-bond acceptors (Lipinski definition) is 4. The molecule has 1 aromatic rings. The Kier molecular flexibility index (Phi) is 4.58. The molecule has 0 saturated carbocycles. The van der Waals surface area contributed by atoms with Crippen molar-refractivity contribution in [3.05, 3.63) is 17.8 Å². The summed E-state index contributed by atoms with van der Waals surface area (Å²) in [4.78, 5) is 1.88. The van der Waals surface area contributed by atoms with E-state index in [2.05, 4.69) is 28.4 Å². The first kappa shape index (κ1) is 11.5. The van der Waals surface area contributed by atoms with Gasteiger partial charge in [-0.15, -0.1) is 11.5 Å². The zero-order chi connectivity index (χ0) is 11.1. The van der Waals surface area contributed by atoms with Crippen LogP contribution in [0.4, 0.5) is 5.82 Å². The summed E-state index contributed by atoms with van der Waals surface area (Å²) in [6, 6.07) is 3.88. The first-order valence-electron chi connectivity index (χ1n) is 4.95. The zero-order valence-electron chi connectivity index (χ0n) is 9.20. The van der Waals surface area contributed by atoms with Crippen molar-refractivity contribution in [3.63, 3.8) is 0 Å². The molecule has 80 valence electrons. The molecule has 0 aliphatic carbocycles. The van der Waals surface area contributed by atoms with Crippen LogP contribution in [0, 0.1) is 12.3 Å². The van der Waals surface area contributed by atoms with Gasteiger partial charge in [0, 0.05) is 13.6 Å². The number of hydrogen-bond donors (Lipinski definition) is 1. The zero-order valence-corrected chi connectivity index (χ0v) is 9.20. The number of nitrogens with one attached hydrogen (secondary N) is 1. The van der Waals surface area contributed by atoms with Crippen molar-refractivity contribution in [2.24, 2.45) is 0 Å². The first-order chi connectivity index (χ1) is 7.27. The minimum atomic E-state index is 0.543. The summed E-state index contributed by atoms with van der Waals surface area (Å²) in [7, 11) is 1.90. The molecule has 0 atom stereocenters. The number of anilines is 1. The van der Waals surface area contributed by atoms with Crippen LogP contribution in [0.2, 0.25) is 0 Å². The summed E-state index contributed by atoms with van der Waals surface area (Å²) >= 11 is 0. The van der Waals surface area contributed by atoms with Gasteiger partial charge >= 0.3 is 0 Å². The fourth-order valence-electron chi connectivity index (χ4n) is 1.12. The number of rotatable bonds is 5. The van der Waals surface area contributed by atoms with E-state index in [1.807, 2.05) is 24.1 Å². The molecule has 1 heterocycles. The number of nitrogens with zero attached hydrogens (tertiary/aromatic N) is 3. The fourth-order valence-corrected chi connectivity index (χ4v) is 1.12. The first-order valence-corrected chi connectivity index (χ1v) is 4.95. The summed E-state index contributed by atoms with van der Waals surface area (Å²) in [6.45, 7) is 4.28. The van der Waals surface area contributed by atoms with Gasteiger partial charge in [-0.05, 0) is 18.7 Å². The maximum atomic E-state index is 5.21. The van der Waals surface area contributed by atoms with Crippen molar-refractivity contribution in [2.75, 3.05) is 25.0 Å². The summed E-state index contributed by atoms with van der Waals surface area (Å²) in [5.74, 6) is 3.36. The quantitative estimate of drug-likeness (QED) is 0.715. The van der Waals surface area contributed by atoms with Crippen LogP contribution < -0.4 is 10.2 Å². The predicted octanol–water partition coefficient (Wildman–Crippen LogP) is 0.655. The Morgan fingerprint density at radius 2 is 2.27 bits per heavy atom. The maximum absolute atomic E-state index is 5.21. The Morgan fingerprint density at radius 1 is 1.47 bits per heavy atom. The fraction of sp³-hybridized carbons (Fsp3) is 0.455. The molecule has 4 heteroatoms. The van der Waals surface area contributed by atoms with E-state index in [9.17, 15) is 0 Å². The second kappa shape index (κ2) is 5.99. The van der Waals surface area contributed by atoms with E-state index in [0.29, 0.717) is 6.54 Å². The molecule has 15 heavy (non-hydrogen) atoms. The molecular formula is C11H16N4. The Labute approximate surface area is 90.7 Å². The van der Waals surface area contributed by atoms with E-state index in [1.165, 1.54) is 0 Å². The van der Waals surface area contributed by atoms with Gasteiger partial charge in [0.1, 0.15) is 0 Å². The molecule has 0 spiro atoms. The molecule has 0 bridgehead atoms. The van der Waals surface area contributed by atoms with Crippen molar-refractivity contribution in [2.45, 2.75) is 13.5 Å². The second-order valence-corrected chi connectivity index (χ2v) is 3.22. The summed E-state index contributed by atoms with van der Waals surface area (Å²) < 4.78 is 0. The molecule has 0 aromatic carbocycles. The van der Waals surface area contributed by atoms with E-state index >= 15 is 0 Å². The van der Waals surface area contributed by atoms with Crippen LogP contribution in [0.3, 0.4) is 0 Å². The van der Waals surface area contributed by atoms with Crippen LogP contribution in [0.25, 0.3) is 0 Å². The summed E-state index contributed by atoms with van der Waals surface area (Å²) in [5.41, 5.74) is 0.940. The van der Waals surface area contributed by atoms with Gasteiger partial charge in [-0.3, -0.25) is 0 Å². The van der Waals surface area contributed by atoms with Crippen LogP contribution in [0.15, 0.2) is 12.1 Å². The molecule has 0 aliphatic rings. The lowest BCUT2D eigenvalue weighted by Crippen LogP contribution is -2.19. The normalized spacial score (nSPS) is 9.67.